The fourth-order valence-corrected chi connectivity index (χ4v) is 2.40. The Morgan fingerprint density at radius 1 is 1.33 bits per heavy atom. The Kier molecular flexibility index (Phi) is 4.22. The van der Waals surface area contributed by atoms with Crippen LogP contribution in [0.1, 0.15) is 31.9 Å². The van der Waals surface area contributed by atoms with Gasteiger partial charge in [-0.25, -0.2) is 0 Å². The molecule has 1 aromatic heterocycles. The highest BCUT2D eigenvalue weighted by Crippen LogP contribution is 2.29. The molecule has 1 aromatic rings. The summed E-state index contributed by atoms with van der Waals surface area (Å²) in [6, 6.07) is -0.637. The number of nitrogens with zero attached hydrogens (tertiary/aromatic N) is 4. The lowest BCUT2D eigenvalue weighted by atomic mass is 10.0. The van der Waals surface area contributed by atoms with Crippen LogP contribution in [0, 0.1) is 5.92 Å². The standard InChI is InChI=1S/C12H18F3N5O/c1-7(2)5-8(16)10(21)19-3-4-20-9(6-19)17-18-11(20)12(13,14)15/h7-8H,3-6,16H2,1-2H3/t8-/m0/s1. The third kappa shape index (κ3) is 3.34. The molecular formula is C12H18F3N5O. The number of alkyl halides is 3. The van der Waals surface area contributed by atoms with Gasteiger partial charge in [0.15, 0.2) is 5.82 Å². The van der Waals surface area contributed by atoms with E-state index in [9.17, 15) is 18.0 Å². The van der Waals surface area contributed by atoms with E-state index in [2.05, 4.69) is 10.2 Å². The van der Waals surface area contributed by atoms with Crippen LogP contribution in [0.2, 0.25) is 0 Å². The van der Waals surface area contributed by atoms with E-state index in [1.165, 1.54) is 4.90 Å². The lowest BCUT2D eigenvalue weighted by molar-refractivity contribution is -0.148. The van der Waals surface area contributed by atoms with E-state index in [4.69, 9.17) is 5.73 Å². The number of carbonyl (C=O) groups is 1. The summed E-state index contributed by atoms with van der Waals surface area (Å²) in [4.78, 5) is 13.6. The van der Waals surface area contributed by atoms with Crippen molar-refractivity contribution in [2.75, 3.05) is 6.54 Å². The smallest absolute Gasteiger partial charge is 0.332 e. The summed E-state index contributed by atoms with van der Waals surface area (Å²) in [5.41, 5.74) is 5.83. The van der Waals surface area contributed by atoms with Crippen molar-refractivity contribution < 1.29 is 18.0 Å². The summed E-state index contributed by atoms with van der Waals surface area (Å²) >= 11 is 0. The summed E-state index contributed by atoms with van der Waals surface area (Å²) in [6.07, 6.45) is -4.00. The molecule has 1 atom stereocenters. The molecule has 9 heteroatoms. The van der Waals surface area contributed by atoms with E-state index in [-0.39, 0.29) is 37.3 Å². The van der Waals surface area contributed by atoms with E-state index in [1.807, 2.05) is 13.8 Å². The van der Waals surface area contributed by atoms with Crippen LogP contribution in [-0.4, -0.2) is 38.2 Å². The van der Waals surface area contributed by atoms with Crippen molar-refractivity contribution >= 4 is 5.91 Å². The summed E-state index contributed by atoms with van der Waals surface area (Å²) in [7, 11) is 0. The minimum atomic E-state index is -4.54. The fraction of sp³-hybridized carbons (Fsp3) is 0.750. The number of aromatic nitrogens is 3. The number of amides is 1. The topological polar surface area (TPSA) is 77.0 Å². The van der Waals surface area contributed by atoms with Gasteiger partial charge in [0.1, 0.15) is 0 Å². The minimum Gasteiger partial charge on any atom is -0.332 e. The van der Waals surface area contributed by atoms with Crippen LogP contribution < -0.4 is 5.73 Å². The zero-order chi connectivity index (χ0) is 15.8. The number of hydrogen-bond donors (Lipinski definition) is 1. The van der Waals surface area contributed by atoms with Gasteiger partial charge in [0.2, 0.25) is 11.7 Å². The Labute approximate surface area is 120 Å². The van der Waals surface area contributed by atoms with Gasteiger partial charge >= 0.3 is 6.18 Å². The van der Waals surface area contributed by atoms with E-state index in [0.717, 1.165) is 4.57 Å². The van der Waals surface area contributed by atoms with Crippen LogP contribution in [0.25, 0.3) is 0 Å². The summed E-state index contributed by atoms with van der Waals surface area (Å²) in [6.45, 7) is 4.12. The monoisotopic (exact) mass is 305 g/mol. The molecule has 0 unspecified atom stereocenters. The van der Waals surface area contributed by atoms with Gasteiger partial charge in [0.25, 0.3) is 0 Å². The first-order chi connectivity index (χ1) is 9.70. The highest BCUT2D eigenvalue weighted by molar-refractivity contribution is 5.81. The Morgan fingerprint density at radius 2 is 2.00 bits per heavy atom. The first kappa shape index (κ1) is 15.7. The average molecular weight is 305 g/mol. The van der Waals surface area contributed by atoms with Crippen molar-refractivity contribution in [1.29, 1.82) is 0 Å². The van der Waals surface area contributed by atoms with Crippen molar-refractivity contribution in [3.63, 3.8) is 0 Å². The third-order valence-corrected chi connectivity index (χ3v) is 3.36. The van der Waals surface area contributed by atoms with Crippen LogP contribution in [-0.2, 0) is 24.1 Å². The molecule has 0 saturated heterocycles. The maximum absolute atomic E-state index is 12.7. The molecule has 2 heterocycles. The molecule has 1 aliphatic heterocycles. The van der Waals surface area contributed by atoms with Crippen LogP contribution in [0.5, 0.6) is 0 Å². The molecule has 0 fully saturated rings. The molecule has 2 N–H and O–H groups in total. The molecule has 118 valence electrons. The number of hydrogen-bond acceptors (Lipinski definition) is 4. The van der Waals surface area contributed by atoms with Gasteiger partial charge in [-0.3, -0.25) is 4.79 Å². The van der Waals surface area contributed by atoms with Gasteiger partial charge in [0, 0.05) is 13.1 Å². The highest BCUT2D eigenvalue weighted by Gasteiger charge is 2.40. The average Bonchev–Trinajstić information content (AvgIpc) is 2.79. The van der Waals surface area contributed by atoms with Crippen molar-refractivity contribution in [2.45, 2.75) is 45.6 Å². The van der Waals surface area contributed by atoms with Gasteiger partial charge in [-0.05, 0) is 12.3 Å². The zero-order valence-electron chi connectivity index (χ0n) is 11.9. The van der Waals surface area contributed by atoms with Gasteiger partial charge in [-0.1, -0.05) is 13.8 Å². The lowest BCUT2D eigenvalue weighted by Crippen LogP contribution is -2.47. The second-order valence-corrected chi connectivity index (χ2v) is 5.59. The second-order valence-electron chi connectivity index (χ2n) is 5.59. The molecule has 0 bridgehead atoms. The van der Waals surface area contributed by atoms with Crippen molar-refractivity contribution in [3.8, 4) is 0 Å². The minimum absolute atomic E-state index is 0.00765. The molecule has 1 amide bonds. The second kappa shape index (κ2) is 5.63. The molecular weight excluding hydrogens is 287 g/mol. The Balaban J connectivity index is 2.10. The van der Waals surface area contributed by atoms with Gasteiger partial charge in [-0.2, -0.15) is 13.2 Å². The molecule has 21 heavy (non-hydrogen) atoms. The van der Waals surface area contributed by atoms with Crippen molar-refractivity contribution in [1.82, 2.24) is 19.7 Å². The number of rotatable bonds is 3. The van der Waals surface area contributed by atoms with Crippen LogP contribution in [0.3, 0.4) is 0 Å². The van der Waals surface area contributed by atoms with Crippen molar-refractivity contribution in [3.05, 3.63) is 11.6 Å². The predicted octanol–water partition coefficient (Wildman–Crippen LogP) is 1.01. The molecule has 0 aromatic carbocycles. The Bertz CT molecular complexity index is 525. The summed E-state index contributed by atoms with van der Waals surface area (Å²) in [5, 5.41) is 6.71. The molecule has 0 aliphatic carbocycles. The van der Waals surface area contributed by atoms with Crippen LogP contribution >= 0.6 is 0 Å². The first-order valence-electron chi connectivity index (χ1n) is 6.73. The van der Waals surface area contributed by atoms with E-state index >= 15 is 0 Å². The number of carbonyl (C=O) groups excluding carboxylic acids is 1. The maximum atomic E-state index is 12.7. The van der Waals surface area contributed by atoms with E-state index < -0.39 is 18.0 Å². The summed E-state index contributed by atoms with van der Waals surface area (Å²) in [5.74, 6) is -0.865. The Hall–Kier alpha value is -1.64. The van der Waals surface area contributed by atoms with Crippen LogP contribution in [0.4, 0.5) is 13.2 Å². The molecule has 0 radical (unpaired) electrons. The predicted molar refractivity (Wildman–Crippen MR) is 67.9 cm³/mol. The molecule has 6 nitrogen and oxygen atoms in total. The largest absolute Gasteiger partial charge is 0.451 e. The Morgan fingerprint density at radius 3 is 2.57 bits per heavy atom. The maximum Gasteiger partial charge on any atom is 0.451 e. The molecule has 1 aliphatic rings. The zero-order valence-corrected chi connectivity index (χ0v) is 11.9. The summed E-state index contributed by atoms with van der Waals surface area (Å²) < 4.78 is 39.1. The number of fused-ring (bicyclic) bond motifs is 1. The molecule has 0 saturated carbocycles. The first-order valence-corrected chi connectivity index (χ1v) is 6.73. The number of nitrogens with two attached hydrogens (primary N) is 1. The SMILES string of the molecule is CC(C)C[C@H](N)C(=O)N1CCn2c(nnc2C(F)(F)F)C1. The normalized spacial score (nSPS) is 17.0. The molecule has 2 rings (SSSR count). The van der Waals surface area contributed by atoms with Gasteiger partial charge in [-0.15, -0.1) is 10.2 Å². The number of halogens is 3. The van der Waals surface area contributed by atoms with Crippen molar-refractivity contribution in [2.24, 2.45) is 11.7 Å². The van der Waals surface area contributed by atoms with Gasteiger partial charge < -0.3 is 15.2 Å². The quantitative estimate of drug-likeness (QED) is 0.904. The lowest BCUT2D eigenvalue weighted by Gasteiger charge is -2.30. The third-order valence-electron chi connectivity index (χ3n) is 3.36. The van der Waals surface area contributed by atoms with Crippen LogP contribution in [0.15, 0.2) is 0 Å². The van der Waals surface area contributed by atoms with E-state index in [1.54, 1.807) is 0 Å². The fourth-order valence-electron chi connectivity index (χ4n) is 2.40. The van der Waals surface area contributed by atoms with Gasteiger partial charge in [0.05, 0.1) is 12.6 Å². The molecule has 0 spiro atoms. The van der Waals surface area contributed by atoms with E-state index in [0.29, 0.717) is 6.42 Å². The highest BCUT2D eigenvalue weighted by atomic mass is 19.4.